The highest BCUT2D eigenvalue weighted by atomic mass is 35.5. The molecule has 1 amide bonds. The van der Waals surface area contributed by atoms with E-state index in [9.17, 15) is 9.59 Å². The highest BCUT2D eigenvalue weighted by Gasteiger charge is 2.38. The first-order chi connectivity index (χ1) is 9.96. The molecule has 1 aromatic carbocycles. The third kappa shape index (κ3) is 3.65. The van der Waals surface area contributed by atoms with Crippen LogP contribution in [0.5, 0.6) is 5.75 Å². The number of carboxylic acid groups (broad SMARTS) is 1. The van der Waals surface area contributed by atoms with E-state index in [1.165, 1.54) is 13.2 Å². The average molecular weight is 314 g/mol. The molecule has 1 atom stereocenters. The number of nitrogens with one attached hydrogen (secondary N) is 1. The summed E-state index contributed by atoms with van der Waals surface area (Å²) in [5, 5.41) is 12.2. The van der Waals surface area contributed by atoms with E-state index in [-0.39, 0.29) is 18.9 Å². The van der Waals surface area contributed by atoms with Crippen molar-refractivity contribution < 1.29 is 24.2 Å². The Morgan fingerprint density at radius 2 is 2.29 bits per heavy atom. The maximum atomic E-state index is 12.3. The van der Waals surface area contributed by atoms with Crippen molar-refractivity contribution in [2.24, 2.45) is 0 Å². The van der Waals surface area contributed by atoms with Crippen LogP contribution in [0.2, 0.25) is 5.02 Å². The summed E-state index contributed by atoms with van der Waals surface area (Å²) in [5.74, 6) is -0.967. The normalized spacial score (nSPS) is 21.0. The van der Waals surface area contributed by atoms with Crippen LogP contribution in [0.25, 0.3) is 0 Å². The quantitative estimate of drug-likeness (QED) is 0.864. The summed E-state index contributed by atoms with van der Waals surface area (Å²) in [6, 6.07) is 4.64. The average Bonchev–Trinajstić information content (AvgIpc) is 2.86. The molecule has 114 valence electrons. The van der Waals surface area contributed by atoms with E-state index in [1.54, 1.807) is 12.1 Å². The van der Waals surface area contributed by atoms with E-state index in [2.05, 4.69) is 5.32 Å². The molecule has 21 heavy (non-hydrogen) atoms. The summed E-state index contributed by atoms with van der Waals surface area (Å²) < 4.78 is 10.3. The first-order valence-corrected chi connectivity index (χ1v) is 6.79. The maximum absolute atomic E-state index is 12.3. The lowest BCUT2D eigenvalue weighted by atomic mass is 9.93. The van der Waals surface area contributed by atoms with Gasteiger partial charge < -0.3 is 19.9 Å². The molecule has 0 spiro atoms. The number of hydrogen-bond donors (Lipinski definition) is 2. The summed E-state index contributed by atoms with van der Waals surface area (Å²) in [6.07, 6.45) is 0.291. The van der Waals surface area contributed by atoms with Gasteiger partial charge in [-0.25, -0.2) is 0 Å². The summed E-state index contributed by atoms with van der Waals surface area (Å²) >= 11 is 5.91. The molecule has 1 unspecified atom stereocenters. The van der Waals surface area contributed by atoms with Crippen LogP contribution in [-0.4, -0.2) is 42.8 Å². The molecule has 0 saturated carbocycles. The van der Waals surface area contributed by atoms with Crippen LogP contribution in [0.15, 0.2) is 18.2 Å². The number of ether oxygens (including phenoxy) is 2. The number of carbonyl (C=O) groups is 2. The fourth-order valence-corrected chi connectivity index (χ4v) is 2.49. The van der Waals surface area contributed by atoms with Gasteiger partial charge in [-0.3, -0.25) is 9.59 Å². The van der Waals surface area contributed by atoms with Crippen molar-refractivity contribution in [3.05, 3.63) is 28.8 Å². The minimum absolute atomic E-state index is 0.177. The monoisotopic (exact) mass is 313 g/mol. The number of benzene rings is 1. The number of carboxylic acids is 1. The Bertz CT molecular complexity index is 554. The van der Waals surface area contributed by atoms with Crippen molar-refractivity contribution in [3.63, 3.8) is 0 Å². The number of aliphatic carboxylic acids is 1. The fourth-order valence-electron chi connectivity index (χ4n) is 2.29. The van der Waals surface area contributed by atoms with Gasteiger partial charge in [0.1, 0.15) is 5.75 Å². The molecule has 0 aliphatic carbocycles. The van der Waals surface area contributed by atoms with Crippen molar-refractivity contribution >= 4 is 23.5 Å². The van der Waals surface area contributed by atoms with E-state index < -0.39 is 11.5 Å². The van der Waals surface area contributed by atoms with Crippen LogP contribution >= 0.6 is 11.6 Å². The van der Waals surface area contributed by atoms with Gasteiger partial charge in [-0.1, -0.05) is 11.6 Å². The number of amides is 1. The van der Waals surface area contributed by atoms with Gasteiger partial charge in [0.15, 0.2) is 0 Å². The smallest absolute Gasteiger partial charge is 0.305 e. The van der Waals surface area contributed by atoms with Gasteiger partial charge in [0, 0.05) is 12.2 Å². The Kier molecular flexibility index (Phi) is 4.69. The van der Waals surface area contributed by atoms with Gasteiger partial charge in [0.2, 0.25) is 0 Å². The highest BCUT2D eigenvalue weighted by Crippen LogP contribution is 2.27. The Morgan fingerprint density at radius 3 is 2.86 bits per heavy atom. The lowest BCUT2D eigenvalue weighted by molar-refractivity contribution is -0.138. The maximum Gasteiger partial charge on any atom is 0.305 e. The number of halogens is 1. The van der Waals surface area contributed by atoms with Crippen molar-refractivity contribution in [2.75, 3.05) is 20.3 Å². The second-order valence-corrected chi connectivity index (χ2v) is 5.36. The van der Waals surface area contributed by atoms with Gasteiger partial charge in [-0.2, -0.15) is 0 Å². The molecular weight excluding hydrogens is 298 g/mol. The lowest BCUT2D eigenvalue weighted by Gasteiger charge is -2.27. The van der Waals surface area contributed by atoms with Gasteiger partial charge in [-0.15, -0.1) is 0 Å². The predicted octanol–water partition coefficient (Wildman–Crippen LogP) is 1.71. The summed E-state index contributed by atoms with van der Waals surface area (Å²) in [7, 11) is 1.46. The van der Waals surface area contributed by atoms with Gasteiger partial charge >= 0.3 is 5.97 Å². The third-order valence-corrected chi connectivity index (χ3v) is 3.70. The molecule has 7 heteroatoms. The Labute approximate surface area is 127 Å². The van der Waals surface area contributed by atoms with E-state index in [1.807, 2.05) is 0 Å². The fraction of sp³-hybridized carbons (Fsp3) is 0.429. The molecule has 1 fully saturated rings. The zero-order chi connectivity index (χ0) is 15.5. The Hall–Kier alpha value is -1.79. The summed E-state index contributed by atoms with van der Waals surface area (Å²) in [6.45, 7) is 0.618. The van der Waals surface area contributed by atoms with Crippen molar-refractivity contribution in [1.29, 1.82) is 0 Å². The predicted molar refractivity (Wildman–Crippen MR) is 75.9 cm³/mol. The minimum Gasteiger partial charge on any atom is -0.495 e. The molecule has 1 aliphatic heterocycles. The van der Waals surface area contributed by atoms with Crippen LogP contribution in [0.4, 0.5) is 0 Å². The molecule has 0 bridgehead atoms. The Morgan fingerprint density at radius 1 is 1.52 bits per heavy atom. The zero-order valence-corrected chi connectivity index (χ0v) is 12.3. The van der Waals surface area contributed by atoms with E-state index in [4.69, 9.17) is 26.2 Å². The molecular formula is C14H16ClNO5. The summed E-state index contributed by atoms with van der Waals surface area (Å²) in [5.41, 5.74) is -0.511. The molecule has 1 heterocycles. The second-order valence-electron chi connectivity index (χ2n) is 4.96. The molecule has 2 N–H and O–H groups in total. The molecule has 2 rings (SSSR count). The van der Waals surface area contributed by atoms with Gasteiger partial charge in [0.05, 0.1) is 30.7 Å². The molecule has 1 aliphatic rings. The number of methoxy groups -OCH3 is 1. The molecule has 6 nitrogen and oxygen atoms in total. The van der Waals surface area contributed by atoms with E-state index >= 15 is 0 Å². The zero-order valence-electron chi connectivity index (χ0n) is 11.5. The third-order valence-electron chi connectivity index (χ3n) is 3.38. The number of rotatable bonds is 5. The van der Waals surface area contributed by atoms with E-state index in [0.29, 0.717) is 29.4 Å². The molecule has 0 radical (unpaired) electrons. The topological polar surface area (TPSA) is 84.9 Å². The van der Waals surface area contributed by atoms with Crippen molar-refractivity contribution in [2.45, 2.75) is 18.4 Å². The SMILES string of the molecule is COc1cc(C(=O)NC2(CC(=O)O)CCOC2)ccc1Cl. The molecule has 1 saturated heterocycles. The van der Waals surface area contributed by atoms with Crippen molar-refractivity contribution in [1.82, 2.24) is 5.32 Å². The van der Waals surface area contributed by atoms with E-state index in [0.717, 1.165) is 0 Å². The standard InChI is InChI=1S/C14H16ClNO5/c1-20-11-6-9(2-3-10(11)15)13(19)16-14(7-12(17)18)4-5-21-8-14/h2-3,6H,4-5,7-8H2,1H3,(H,16,19)(H,17,18). The van der Waals surface area contributed by atoms with Crippen LogP contribution in [-0.2, 0) is 9.53 Å². The van der Waals surface area contributed by atoms with Crippen LogP contribution in [0.3, 0.4) is 0 Å². The minimum atomic E-state index is -0.977. The van der Waals surface area contributed by atoms with Gasteiger partial charge in [0.25, 0.3) is 5.91 Å². The van der Waals surface area contributed by atoms with Crippen LogP contribution < -0.4 is 10.1 Å². The first-order valence-electron chi connectivity index (χ1n) is 6.41. The largest absolute Gasteiger partial charge is 0.495 e. The highest BCUT2D eigenvalue weighted by molar-refractivity contribution is 6.32. The molecule has 0 aromatic heterocycles. The van der Waals surface area contributed by atoms with Gasteiger partial charge in [-0.05, 0) is 24.6 Å². The Balaban J connectivity index is 2.17. The van der Waals surface area contributed by atoms with Crippen LogP contribution in [0.1, 0.15) is 23.2 Å². The number of carbonyl (C=O) groups excluding carboxylic acids is 1. The second kappa shape index (κ2) is 6.32. The van der Waals surface area contributed by atoms with Crippen LogP contribution in [0, 0.1) is 0 Å². The summed E-state index contributed by atoms with van der Waals surface area (Å²) in [4.78, 5) is 23.3. The first kappa shape index (κ1) is 15.6. The lowest BCUT2D eigenvalue weighted by Crippen LogP contribution is -2.50. The number of hydrogen-bond acceptors (Lipinski definition) is 4. The molecule has 1 aromatic rings. The van der Waals surface area contributed by atoms with Crippen molar-refractivity contribution in [3.8, 4) is 5.75 Å².